The standard InChI is InChI=1S/C49H29NO3/c1-2-13-30(14-3-1)50(42-23-12-19-36-35-18-7-11-24-43(35)53-48(36)42)31-25-26-44-45(27-31)52-47-29-41-37(28-46(47)51-44)34-17-6-10-22-40(34)49(41)38-20-8-4-15-32(38)33-16-5-9-21-39(33)49/h1-29H. The molecule has 4 nitrogen and oxygen atoms in total. The number of fused-ring (bicyclic) bond motifs is 15. The van der Waals surface area contributed by atoms with E-state index in [4.69, 9.17) is 13.9 Å². The van der Waals surface area contributed by atoms with E-state index in [1.165, 1.54) is 44.5 Å². The van der Waals surface area contributed by atoms with E-state index >= 15 is 0 Å². The van der Waals surface area contributed by atoms with E-state index in [2.05, 4.69) is 157 Å². The second kappa shape index (κ2) is 10.5. The van der Waals surface area contributed by atoms with Crippen molar-refractivity contribution in [2.45, 2.75) is 5.41 Å². The van der Waals surface area contributed by atoms with Crippen LogP contribution in [0, 0.1) is 0 Å². The third-order valence-corrected chi connectivity index (χ3v) is 11.3. The van der Waals surface area contributed by atoms with Crippen LogP contribution in [0.25, 0.3) is 44.2 Å². The first-order valence-electron chi connectivity index (χ1n) is 18.0. The van der Waals surface area contributed by atoms with E-state index in [1.54, 1.807) is 0 Å². The lowest BCUT2D eigenvalue weighted by Gasteiger charge is -2.31. The molecule has 0 N–H and O–H groups in total. The molecule has 1 aromatic heterocycles. The molecule has 8 aromatic carbocycles. The molecule has 3 aliphatic rings. The number of rotatable bonds is 3. The molecule has 248 valence electrons. The fraction of sp³-hybridized carbons (Fsp3) is 0.0204. The van der Waals surface area contributed by atoms with Gasteiger partial charge in [0.15, 0.2) is 28.6 Å². The van der Waals surface area contributed by atoms with E-state index in [0.29, 0.717) is 23.0 Å². The summed E-state index contributed by atoms with van der Waals surface area (Å²) in [6.07, 6.45) is 0. The fourth-order valence-corrected chi connectivity index (χ4v) is 9.21. The van der Waals surface area contributed by atoms with Crippen molar-refractivity contribution in [3.8, 4) is 45.3 Å². The zero-order chi connectivity index (χ0) is 34.7. The lowest BCUT2D eigenvalue weighted by atomic mass is 9.70. The maximum atomic E-state index is 6.90. The summed E-state index contributed by atoms with van der Waals surface area (Å²) >= 11 is 0. The van der Waals surface area contributed by atoms with Crippen molar-refractivity contribution >= 4 is 39.0 Å². The van der Waals surface area contributed by atoms with Crippen LogP contribution in [-0.4, -0.2) is 0 Å². The normalized spacial score (nSPS) is 13.7. The zero-order valence-electron chi connectivity index (χ0n) is 28.4. The molecule has 0 fully saturated rings. The van der Waals surface area contributed by atoms with E-state index in [0.717, 1.165) is 39.0 Å². The van der Waals surface area contributed by atoms with Gasteiger partial charge in [0, 0.05) is 22.5 Å². The first-order chi connectivity index (χ1) is 26.3. The number of anilines is 3. The largest absolute Gasteiger partial charge is 0.454 e. The topological polar surface area (TPSA) is 34.8 Å². The predicted molar refractivity (Wildman–Crippen MR) is 211 cm³/mol. The molecule has 0 saturated heterocycles. The summed E-state index contributed by atoms with van der Waals surface area (Å²) < 4.78 is 20.1. The van der Waals surface area contributed by atoms with Crippen molar-refractivity contribution in [1.29, 1.82) is 0 Å². The maximum absolute atomic E-state index is 6.90. The van der Waals surface area contributed by atoms with Gasteiger partial charge in [-0.2, -0.15) is 0 Å². The van der Waals surface area contributed by atoms with Crippen LogP contribution in [0.2, 0.25) is 0 Å². The van der Waals surface area contributed by atoms with Gasteiger partial charge >= 0.3 is 0 Å². The molecule has 1 spiro atoms. The van der Waals surface area contributed by atoms with Gasteiger partial charge in [-0.15, -0.1) is 0 Å². The van der Waals surface area contributed by atoms with Crippen LogP contribution in [0.3, 0.4) is 0 Å². The molecule has 53 heavy (non-hydrogen) atoms. The summed E-state index contributed by atoms with van der Waals surface area (Å²) in [6.45, 7) is 0. The van der Waals surface area contributed by atoms with Gasteiger partial charge in [0.2, 0.25) is 0 Å². The van der Waals surface area contributed by atoms with Crippen LogP contribution >= 0.6 is 0 Å². The predicted octanol–water partition coefficient (Wildman–Crippen LogP) is 13.3. The molecule has 12 rings (SSSR count). The van der Waals surface area contributed by atoms with E-state index < -0.39 is 5.41 Å². The molecule has 4 heteroatoms. The van der Waals surface area contributed by atoms with Gasteiger partial charge < -0.3 is 18.8 Å². The number of ether oxygens (including phenoxy) is 2. The monoisotopic (exact) mass is 679 g/mol. The van der Waals surface area contributed by atoms with Crippen LogP contribution in [0.4, 0.5) is 17.1 Å². The second-order valence-corrected chi connectivity index (χ2v) is 14.0. The van der Waals surface area contributed by atoms with Crippen LogP contribution in [0.5, 0.6) is 23.0 Å². The zero-order valence-corrected chi connectivity index (χ0v) is 28.4. The highest BCUT2D eigenvalue weighted by Gasteiger charge is 2.52. The van der Waals surface area contributed by atoms with Crippen molar-refractivity contribution in [1.82, 2.24) is 0 Å². The lowest BCUT2D eigenvalue weighted by Crippen LogP contribution is -2.25. The van der Waals surface area contributed by atoms with Gasteiger partial charge in [-0.25, -0.2) is 0 Å². The Morgan fingerprint density at radius 1 is 0.377 bits per heavy atom. The highest BCUT2D eigenvalue weighted by Crippen LogP contribution is 2.64. The van der Waals surface area contributed by atoms with Gasteiger partial charge in [-0.05, 0) is 93.0 Å². The number of hydrogen-bond acceptors (Lipinski definition) is 4. The molecular formula is C49H29NO3. The Morgan fingerprint density at radius 2 is 0.962 bits per heavy atom. The minimum absolute atomic E-state index is 0.463. The summed E-state index contributed by atoms with van der Waals surface area (Å²) in [5.74, 6) is 2.74. The molecule has 0 atom stereocenters. The molecule has 2 heterocycles. The first kappa shape index (κ1) is 28.6. The smallest absolute Gasteiger partial charge is 0.172 e. The highest BCUT2D eigenvalue weighted by atomic mass is 16.6. The van der Waals surface area contributed by atoms with Gasteiger partial charge in [-0.3, -0.25) is 0 Å². The minimum atomic E-state index is -0.463. The Kier molecular flexibility index (Phi) is 5.67. The first-order valence-corrected chi connectivity index (χ1v) is 18.0. The molecule has 1 aliphatic heterocycles. The van der Waals surface area contributed by atoms with Crippen molar-refractivity contribution in [3.63, 3.8) is 0 Å². The van der Waals surface area contributed by atoms with Gasteiger partial charge in [-0.1, -0.05) is 121 Å². The number of hydrogen-bond donors (Lipinski definition) is 0. The SMILES string of the molecule is c1ccc(N(c2ccc3c(c2)Oc2cc4c(cc2O3)-c2ccccc2C42c3ccccc3-c3ccccc32)c2cccc3c2oc2ccccc23)cc1. The van der Waals surface area contributed by atoms with Gasteiger partial charge in [0.1, 0.15) is 5.58 Å². The quantitative estimate of drug-likeness (QED) is 0.186. The Morgan fingerprint density at radius 3 is 1.72 bits per heavy atom. The van der Waals surface area contributed by atoms with Gasteiger partial charge in [0.25, 0.3) is 0 Å². The number of para-hydroxylation sites is 3. The summed E-state index contributed by atoms with van der Waals surface area (Å²) in [6, 6.07) is 62.0. The molecule has 0 bridgehead atoms. The molecule has 0 unspecified atom stereocenters. The van der Waals surface area contributed by atoms with Crippen LogP contribution in [0.15, 0.2) is 180 Å². The lowest BCUT2D eigenvalue weighted by molar-refractivity contribution is 0.359. The molecule has 9 aromatic rings. The summed E-state index contributed by atoms with van der Waals surface area (Å²) in [5, 5.41) is 2.17. The number of benzene rings is 8. The van der Waals surface area contributed by atoms with E-state index in [-0.39, 0.29) is 0 Å². The average Bonchev–Trinajstić information content (AvgIpc) is 3.84. The van der Waals surface area contributed by atoms with Crippen molar-refractivity contribution in [2.24, 2.45) is 0 Å². The van der Waals surface area contributed by atoms with Crippen LogP contribution < -0.4 is 14.4 Å². The number of furan rings is 1. The molecule has 0 radical (unpaired) electrons. The fourth-order valence-electron chi connectivity index (χ4n) is 9.21. The van der Waals surface area contributed by atoms with Crippen LogP contribution in [0.1, 0.15) is 22.3 Å². The van der Waals surface area contributed by atoms with Crippen molar-refractivity contribution < 1.29 is 13.9 Å². The van der Waals surface area contributed by atoms with E-state index in [1.807, 2.05) is 24.3 Å². The van der Waals surface area contributed by atoms with Crippen molar-refractivity contribution in [3.05, 3.63) is 198 Å². The summed E-state index contributed by atoms with van der Waals surface area (Å²) in [5.41, 5.74) is 14.1. The molecule has 2 aliphatic carbocycles. The highest BCUT2D eigenvalue weighted by molar-refractivity contribution is 6.10. The Labute approximate surface area is 305 Å². The summed E-state index contributed by atoms with van der Waals surface area (Å²) in [7, 11) is 0. The van der Waals surface area contributed by atoms with Crippen LogP contribution in [-0.2, 0) is 5.41 Å². The molecule has 0 saturated carbocycles. The molecular weight excluding hydrogens is 651 g/mol. The summed E-state index contributed by atoms with van der Waals surface area (Å²) in [4.78, 5) is 2.23. The minimum Gasteiger partial charge on any atom is -0.454 e. The van der Waals surface area contributed by atoms with Gasteiger partial charge in [0.05, 0.1) is 16.8 Å². The van der Waals surface area contributed by atoms with Crippen molar-refractivity contribution in [2.75, 3.05) is 4.90 Å². The Balaban J connectivity index is 1.03. The molecule has 0 amide bonds. The Bertz CT molecular complexity index is 2930. The van der Waals surface area contributed by atoms with E-state index in [9.17, 15) is 0 Å². The Hall–Kier alpha value is -7.04. The average molecular weight is 680 g/mol. The third kappa shape index (κ3) is 3.79. The number of nitrogens with zero attached hydrogens (tertiary/aromatic N) is 1. The third-order valence-electron chi connectivity index (χ3n) is 11.3. The maximum Gasteiger partial charge on any atom is 0.172 e. The second-order valence-electron chi connectivity index (χ2n) is 14.0.